The molecule has 0 N–H and O–H groups in total. The van der Waals surface area contributed by atoms with Crippen LogP contribution in [0.3, 0.4) is 0 Å². The largest absolute Gasteiger partial charge is 0.497 e. The molecule has 2 unspecified atom stereocenters. The Morgan fingerprint density at radius 1 is 1.03 bits per heavy atom. The molecule has 3 rings (SSSR count). The van der Waals surface area contributed by atoms with Crippen molar-refractivity contribution >= 4 is 23.4 Å². The molecular formula is C24H28N2O6. The van der Waals surface area contributed by atoms with Gasteiger partial charge in [-0.05, 0) is 55.8 Å². The molecule has 2 atom stereocenters. The van der Waals surface area contributed by atoms with Crippen molar-refractivity contribution in [2.45, 2.75) is 38.8 Å². The Morgan fingerprint density at radius 2 is 1.69 bits per heavy atom. The number of benzene rings is 2. The Morgan fingerprint density at radius 3 is 2.25 bits per heavy atom. The molecule has 0 radical (unpaired) electrons. The summed E-state index contributed by atoms with van der Waals surface area (Å²) in [7, 11) is 4.55. The average Bonchev–Trinajstić information content (AvgIpc) is 3.11. The smallest absolute Gasteiger partial charge is 0.257 e. The van der Waals surface area contributed by atoms with E-state index in [0.29, 0.717) is 34.9 Å². The zero-order valence-electron chi connectivity index (χ0n) is 19.0. The van der Waals surface area contributed by atoms with Crippen LogP contribution >= 0.6 is 0 Å². The summed E-state index contributed by atoms with van der Waals surface area (Å²) in [6.45, 7) is 3.80. The van der Waals surface area contributed by atoms with Crippen LogP contribution in [0.2, 0.25) is 0 Å². The number of nitrogens with zero attached hydrogens (tertiary/aromatic N) is 2. The highest BCUT2D eigenvalue weighted by molar-refractivity contribution is 6.23. The second-order valence-electron chi connectivity index (χ2n) is 7.52. The van der Waals surface area contributed by atoms with Gasteiger partial charge >= 0.3 is 0 Å². The van der Waals surface area contributed by atoms with Crippen LogP contribution in [0.15, 0.2) is 42.5 Å². The van der Waals surface area contributed by atoms with Gasteiger partial charge in [0.15, 0.2) is 11.5 Å². The van der Waals surface area contributed by atoms with Crippen molar-refractivity contribution in [2.24, 2.45) is 0 Å². The summed E-state index contributed by atoms with van der Waals surface area (Å²) in [4.78, 5) is 42.3. The number of hydrogen-bond acceptors (Lipinski definition) is 6. The highest BCUT2D eigenvalue weighted by Gasteiger charge is 2.45. The molecule has 0 aliphatic carbocycles. The molecule has 0 bridgehead atoms. The van der Waals surface area contributed by atoms with Gasteiger partial charge in [0.25, 0.3) is 11.8 Å². The predicted molar refractivity (Wildman–Crippen MR) is 119 cm³/mol. The zero-order valence-corrected chi connectivity index (χ0v) is 19.0. The van der Waals surface area contributed by atoms with Crippen molar-refractivity contribution < 1.29 is 28.6 Å². The van der Waals surface area contributed by atoms with E-state index < -0.39 is 11.9 Å². The van der Waals surface area contributed by atoms with Gasteiger partial charge < -0.3 is 19.1 Å². The van der Waals surface area contributed by atoms with Gasteiger partial charge in [-0.1, -0.05) is 6.92 Å². The molecule has 0 spiro atoms. The molecule has 1 saturated heterocycles. The van der Waals surface area contributed by atoms with Gasteiger partial charge in [0.2, 0.25) is 5.91 Å². The van der Waals surface area contributed by atoms with Crippen LogP contribution in [0.25, 0.3) is 0 Å². The Balaban J connectivity index is 1.94. The predicted octanol–water partition coefficient (Wildman–Crippen LogP) is 3.29. The Kier molecular flexibility index (Phi) is 7.02. The third-order valence-corrected chi connectivity index (χ3v) is 5.72. The normalized spacial score (nSPS) is 16.7. The fraction of sp³-hybridized carbons (Fsp3) is 0.375. The molecule has 1 fully saturated rings. The summed E-state index contributed by atoms with van der Waals surface area (Å²) in [5.41, 5.74) is 0.803. The van der Waals surface area contributed by atoms with Crippen molar-refractivity contribution in [3.8, 4) is 17.2 Å². The minimum Gasteiger partial charge on any atom is -0.497 e. The maximum atomic E-state index is 13.5. The first-order valence-corrected chi connectivity index (χ1v) is 10.4. The number of imide groups is 1. The van der Waals surface area contributed by atoms with Crippen molar-refractivity contribution in [2.75, 3.05) is 26.2 Å². The Hall–Kier alpha value is -3.55. The van der Waals surface area contributed by atoms with Gasteiger partial charge in [-0.25, -0.2) is 4.90 Å². The number of rotatable bonds is 8. The van der Waals surface area contributed by atoms with Gasteiger partial charge in [-0.2, -0.15) is 0 Å². The van der Waals surface area contributed by atoms with E-state index in [9.17, 15) is 14.4 Å². The minimum atomic E-state index is -0.889. The van der Waals surface area contributed by atoms with Gasteiger partial charge in [0, 0.05) is 11.6 Å². The average molecular weight is 440 g/mol. The van der Waals surface area contributed by atoms with E-state index in [1.165, 1.54) is 19.1 Å². The van der Waals surface area contributed by atoms with Crippen LogP contribution < -0.4 is 19.1 Å². The lowest BCUT2D eigenvalue weighted by Crippen LogP contribution is -2.49. The molecule has 8 nitrogen and oxygen atoms in total. The summed E-state index contributed by atoms with van der Waals surface area (Å²) in [5, 5.41) is 0. The molecule has 1 aliphatic heterocycles. The maximum absolute atomic E-state index is 13.5. The number of anilines is 1. The number of ether oxygens (including phenoxy) is 3. The molecule has 32 heavy (non-hydrogen) atoms. The standard InChI is InChI=1S/C24H28N2O6/c1-6-15(2)25(23(28)16-7-12-20(31-4)21(13-16)32-5)19-14-22(27)26(24(19)29)17-8-10-18(30-3)11-9-17/h7-13,15,19H,6,14H2,1-5H3. The van der Waals surface area contributed by atoms with Gasteiger partial charge in [-0.3, -0.25) is 14.4 Å². The lowest BCUT2D eigenvalue weighted by Gasteiger charge is -2.33. The SMILES string of the molecule is CCC(C)N(C(=O)c1ccc(OC)c(OC)c1)C1CC(=O)N(c2ccc(OC)cc2)C1=O. The first kappa shape index (κ1) is 23.1. The molecule has 0 aromatic heterocycles. The molecule has 2 aromatic rings. The van der Waals surface area contributed by atoms with Gasteiger partial charge in [-0.15, -0.1) is 0 Å². The second kappa shape index (κ2) is 9.72. The van der Waals surface area contributed by atoms with Gasteiger partial charge in [0.1, 0.15) is 11.8 Å². The molecule has 0 saturated carbocycles. The first-order chi connectivity index (χ1) is 15.4. The summed E-state index contributed by atoms with van der Waals surface area (Å²) >= 11 is 0. The summed E-state index contributed by atoms with van der Waals surface area (Å²) in [6, 6.07) is 10.4. The van der Waals surface area contributed by atoms with Crippen LogP contribution in [-0.2, 0) is 9.59 Å². The molecule has 3 amide bonds. The van der Waals surface area contributed by atoms with Crippen LogP contribution in [-0.4, -0.2) is 56.0 Å². The van der Waals surface area contributed by atoms with Crippen LogP contribution in [0.5, 0.6) is 17.2 Å². The highest BCUT2D eigenvalue weighted by atomic mass is 16.5. The summed E-state index contributed by atoms with van der Waals surface area (Å²) in [6.07, 6.45) is 0.549. The van der Waals surface area contributed by atoms with E-state index in [-0.39, 0.29) is 24.3 Å². The third kappa shape index (κ3) is 4.26. The topological polar surface area (TPSA) is 85.4 Å². The van der Waals surface area contributed by atoms with Crippen molar-refractivity contribution in [3.63, 3.8) is 0 Å². The maximum Gasteiger partial charge on any atom is 0.257 e. The summed E-state index contributed by atoms with van der Waals surface area (Å²) in [5.74, 6) is 0.415. The molecule has 1 heterocycles. The fourth-order valence-corrected chi connectivity index (χ4v) is 3.80. The van der Waals surface area contributed by atoms with Crippen molar-refractivity contribution in [1.82, 2.24) is 4.90 Å². The molecular weight excluding hydrogens is 412 g/mol. The number of carbonyl (C=O) groups excluding carboxylic acids is 3. The van der Waals surface area contributed by atoms with Crippen molar-refractivity contribution in [1.29, 1.82) is 0 Å². The number of carbonyl (C=O) groups is 3. The van der Waals surface area contributed by atoms with E-state index in [1.807, 2.05) is 13.8 Å². The second-order valence-corrected chi connectivity index (χ2v) is 7.52. The van der Waals surface area contributed by atoms with Crippen LogP contribution in [0.1, 0.15) is 37.0 Å². The van der Waals surface area contributed by atoms with E-state index in [0.717, 1.165) is 4.90 Å². The van der Waals surface area contributed by atoms with Crippen molar-refractivity contribution in [3.05, 3.63) is 48.0 Å². The van der Waals surface area contributed by atoms with Crippen LogP contribution in [0.4, 0.5) is 5.69 Å². The van der Waals surface area contributed by atoms with E-state index >= 15 is 0 Å². The highest BCUT2D eigenvalue weighted by Crippen LogP contribution is 2.32. The molecule has 8 heteroatoms. The third-order valence-electron chi connectivity index (χ3n) is 5.72. The zero-order chi connectivity index (χ0) is 23.4. The first-order valence-electron chi connectivity index (χ1n) is 10.4. The number of methoxy groups -OCH3 is 3. The Labute approximate surface area is 187 Å². The van der Waals surface area contributed by atoms with Gasteiger partial charge in [0.05, 0.1) is 33.4 Å². The Bertz CT molecular complexity index is 1000. The van der Waals surface area contributed by atoms with E-state index in [1.54, 1.807) is 49.6 Å². The molecule has 170 valence electrons. The molecule has 2 aromatic carbocycles. The van der Waals surface area contributed by atoms with Crippen LogP contribution in [0, 0.1) is 0 Å². The lowest BCUT2D eigenvalue weighted by molar-refractivity contribution is -0.122. The van der Waals surface area contributed by atoms with E-state index in [2.05, 4.69) is 0 Å². The number of hydrogen-bond donors (Lipinski definition) is 0. The fourth-order valence-electron chi connectivity index (χ4n) is 3.80. The lowest BCUT2D eigenvalue weighted by atomic mass is 10.1. The molecule has 1 aliphatic rings. The summed E-state index contributed by atoms with van der Waals surface area (Å²) < 4.78 is 15.7. The monoisotopic (exact) mass is 440 g/mol. The minimum absolute atomic E-state index is 0.0752. The number of amides is 3. The van der Waals surface area contributed by atoms with E-state index in [4.69, 9.17) is 14.2 Å². The quantitative estimate of drug-likeness (QED) is 0.586.